The summed E-state index contributed by atoms with van der Waals surface area (Å²) in [6.07, 6.45) is 0.752. The Morgan fingerprint density at radius 2 is 2.00 bits per heavy atom. The van der Waals surface area contributed by atoms with E-state index < -0.39 is 0 Å². The van der Waals surface area contributed by atoms with Gasteiger partial charge in [0.1, 0.15) is 9.88 Å². The summed E-state index contributed by atoms with van der Waals surface area (Å²) >= 11 is 15.3. The van der Waals surface area contributed by atoms with Gasteiger partial charge in [-0.2, -0.15) is 9.61 Å². The third kappa shape index (κ3) is 3.35. The molecule has 0 unspecified atom stereocenters. The molecule has 0 saturated heterocycles. The van der Waals surface area contributed by atoms with Crippen LogP contribution in [0, 0.1) is 0 Å². The smallest absolute Gasteiger partial charge is 0.267 e. The molecular weight excluding hydrogens is 461 g/mol. The van der Waals surface area contributed by atoms with Crippen molar-refractivity contribution in [1.82, 2.24) is 19.8 Å². The summed E-state index contributed by atoms with van der Waals surface area (Å²) < 4.78 is 2.63. The van der Waals surface area contributed by atoms with Crippen LogP contribution in [0.5, 0.6) is 0 Å². The second-order valence-corrected chi connectivity index (χ2v) is 9.31. The van der Waals surface area contributed by atoms with Gasteiger partial charge >= 0.3 is 0 Å². The van der Waals surface area contributed by atoms with E-state index in [1.54, 1.807) is 10.6 Å². The molecule has 1 N–H and O–H groups in total. The summed E-state index contributed by atoms with van der Waals surface area (Å²) in [5.41, 5.74) is 1.55. The molecular formula is C20H13Cl2N5OS2. The average Bonchev–Trinajstić information content (AvgIpc) is 3.41. The number of anilines is 1. The van der Waals surface area contributed by atoms with Crippen LogP contribution in [0.3, 0.4) is 0 Å². The van der Waals surface area contributed by atoms with E-state index in [4.69, 9.17) is 23.2 Å². The number of thiophene rings is 1. The number of rotatable bonds is 4. The number of hydrogen-bond acceptors (Lipinski definition) is 6. The van der Waals surface area contributed by atoms with E-state index in [0.717, 1.165) is 37.9 Å². The van der Waals surface area contributed by atoms with Crippen molar-refractivity contribution in [1.29, 1.82) is 0 Å². The van der Waals surface area contributed by atoms with Crippen LogP contribution in [0.25, 0.3) is 25.6 Å². The van der Waals surface area contributed by atoms with E-state index >= 15 is 0 Å². The summed E-state index contributed by atoms with van der Waals surface area (Å²) in [5, 5.41) is 18.5. The summed E-state index contributed by atoms with van der Waals surface area (Å²) in [7, 11) is 0. The molecule has 6 nitrogen and oxygen atoms in total. The van der Waals surface area contributed by atoms with Crippen LogP contribution in [0.4, 0.5) is 5.69 Å². The number of fused-ring (bicyclic) bond motifs is 2. The number of benzene rings is 2. The fourth-order valence-electron chi connectivity index (χ4n) is 3.10. The van der Waals surface area contributed by atoms with Gasteiger partial charge in [-0.05, 0) is 24.3 Å². The van der Waals surface area contributed by atoms with Crippen molar-refractivity contribution in [3.8, 4) is 10.6 Å². The second-order valence-electron chi connectivity index (χ2n) is 6.49. The van der Waals surface area contributed by atoms with Crippen LogP contribution < -0.4 is 5.32 Å². The number of carbonyl (C=O) groups excluding carboxylic acids is 1. The molecule has 1 amide bonds. The standard InChI is InChI=1S/C20H13Cl2N5OS2/c1-2-15-24-25-20-27(15)26-19(30-20)10-4-3-5-12(8-10)23-18(28)17-16(22)13-7-6-11(21)9-14(13)29-17/h3-9H,2H2,1H3,(H,23,28). The Hall–Kier alpha value is -2.52. The molecule has 0 spiro atoms. The van der Waals surface area contributed by atoms with Gasteiger partial charge in [-0.1, -0.05) is 59.7 Å². The highest BCUT2D eigenvalue weighted by Crippen LogP contribution is 2.37. The Labute approximate surface area is 189 Å². The topological polar surface area (TPSA) is 72.2 Å². The molecule has 0 saturated carbocycles. The van der Waals surface area contributed by atoms with Gasteiger partial charge in [0, 0.05) is 32.8 Å². The Kier molecular flexibility index (Phi) is 4.94. The van der Waals surface area contributed by atoms with Crippen molar-refractivity contribution in [3.05, 3.63) is 63.2 Å². The van der Waals surface area contributed by atoms with E-state index in [0.29, 0.717) is 20.6 Å². The van der Waals surface area contributed by atoms with Gasteiger partial charge in [-0.15, -0.1) is 21.5 Å². The maximum absolute atomic E-state index is 12.9. The maximum atomic E-state index is 12.9. The van der Waals surface area contributed by atoms with E-state index in [1.807, 2.05) is 43.3 Å². The minimum Gasteiger partial charge on any atom is -0.321 e. The maximum Gasteiger partial charge on any atom is 0.267 e. The predicted molar refractivity (Wildman–Crippen MR) is 123 cm³/mol. The normalized spacial score (nSPS) is 11.4. The largest absolute Gasteiger partial charge is 0.321 e. The van der Waals surface area contributed by atoms with Crippen LogP contribution >= 0.6 is 45.9 Å². The Bertz CT molecular complexity index is 1420. The zero-order valence-electron chi connectivity index (χ0n) is 15.5. The summed E-state index contributed by atoms with van der Waals surface area (Å²) in [4.78, 5) is 14.1. The molecule has 0 aliphatic carbocycles. The Morgan fingerprint density at radius 1 is 1.13 bits per heavy atom. The van der Waals surface area contributed by atoms with Gasteiger partial charge in [0.15, 0.2) is 5.82 Å². The first kappa shape index (κ1) is 19.4. The van der Waals surface area contributed by atoms with Gasteiger partial charge in [-0.3, -0.25) is 4.79 Å². The van der Waals surface area contributed by atoms with Crippen molar-refractivity contribution >= 4 is 72.5 Å². The van der Waals surface area contributed by atoms with Crippen LogP contribution in [0.2, 0.25) is 10.0 Å². The van der Waals surface area contributed by atoms with Crippen LogP contribution in [-0.2, 0) is 6.42 Å². The molecule has 0 radical (unpaired) electrons. The highest BCUT2D eigenvalue weighted by molar-refractivity contribution is 7.21. The SMILES string of the molecule is CCc1nnc2sc(-c3cccc(NC(=O)c4sc5cc(Cl)ccc5c4Cl)c3)nn12. The lowest BCUT2D eigenvalue weighted by Crippen LogP contribution is -2.10. The molecule has 0 aliphatic heterocycles. The summed E-state index contributed by atoms with van der Waals surface area (Å²) in [6, 6.07) is 12.9. The highest BCUT2D eigenvalue weighted by Gasteiger charge is 2.18. The minimum atomic E-state index is -0.263. The molecule has 0 atom stereocenters. The molecule has 2 aromatic carbocycles. The van der Waals surface area contributed by atoms with Crippen molar-refractivity contribution in [2.75, 3.05) is 5.32 Å². The first-order chi connectivity index (χ1) is 14.5. The lowest BCUT2D eigenvalue weighted by atomic mass is 10.2. The number of aromatic nitrogens is 4. The van der Waals surface area contributed by atoms with E-state index in [-0.39, 0.29) is 5.91 Å². The first-order valence-corrected chi connectivity index (χ1v) is 11.4. The summed E-state index contributed by atoms with van der Waals surface area (Å²) in [5.74, 6) is 0.553. The molecule has 5 rings (SSSR count). The molecule has 0 fully saturated rings. The molecule has 3 aromatic heterocycles. The third-order valence-corrected chi connectivity index (χ3v) is 7.38. The fourth-order valence-corrected chi connectivity index (χ4v) is 5.64. The number of aryl methyl sites for hydroxylation is 1. The van der Waals surface area contributed by atoms with Crippen LogP contribution in [0.1, 0.15) is 22.4 Å². The fraction of sp³-hybridized carbons (Fsp3) is 0.100. The number of carbonyl (C=O) groups is 1. The van der Waals surface area contributed by atoms with Gasteiger partial charge < -0.3 is 5.32 Å². The molecule has 0 bridgehead atoms. The molecule has 0 aliphatic rings. The van der Waals surface area contributed by atoms with Crippen molar-refractivity contribution in [2.45, 2.75) is 13.3 Å². The molecule has 30 heavy (non-hydrogen) atoms. The van der Waals surface area contributed by atoms with Gasteiger partial charge in [0.05, 0.1) is 5.02 Å². The van der Waals surface area contributed by atoms with Gasteiger partial charge in [0.25, 0.3) is 5.91 Å². The lowest BCUT2D eigenvalue weighted by molar-refractivity contribution is 0.103. The Morgan fingerprint density at radius 3 is 2.83 bits per heavy atom. The Balaban J connectivity index is 1.45. The van der Waals surface area contributed by atoms with Crippen molar-refractivity contribution in [2.24, 2.45) is 0 Å². The number of halogens is 2. The predicted octanol–water partition coefficient (Wildman–Crippen LogP) is 6.19. The van der Waals surface area contributed by atoms with Crippen molar-refractivity contribution in [3.63, 3.8) is 0 Å². The zero-order chi connectivity index (χ0) is 20.8. The monoisotopic (exact) mass is 473 g/mol. The quantitative estimate of drug-likeness (QED) is 0.337. The zero-order valence-corrected chi connectivity index (χ0v) is 18.7. The number of nitrogens with zero attached hydrogens (tertiary/aromatic N) is 4. The molecule has 10 heteroatoms. The third-order valence-electron chi connectivity index (χ3n) is 4.54. The minimum absolute atomic E-state index is 0.263. The number of hydrogen-bond donors (Lipinski definition) is 1. The van der Waals surface area contributed by atoms with Crippen LogP contribution in [-0.4, -0.2) is 25.7 Å². The highest BCUT2D eigenvalue weighted by atomic mass is 35.5. The van der Waals surface area contributed by atoms with Gasteiger partial charge in [-0.25, -0.2) is 0 Å². The van der Waals surface area contributed by atoms with Gasteiger partial charge in [0.2, 0.25) is 4.96 Å². The first-order valence-electron chi connectivity index (χ1n) is 9.04. The molecule has 5 aromatic rings. The molecule has 3 heterocycles. The molecule has 150 valence electrons. The average molecular weight is 474 g/mol. The van der Waals surface area contributed by atoms with E-state index in [9.17, 15) is 4.79 Å². The second kappa shape index (κ2) is 7.63. The van der Waals surface area contributed by atoms with E-state index in [2.05, 4.69) is 20.6 Å². The lowest BCUT2D eigenvalue weighted by Gasteiger charge is -2.05. The van der Waals surface area contributed by atoms with E-state index in [1.165, 1.54) is 22.7 Å². The summed E-state index contributed by atoms with van der Waals surface area (Å²) in [6.45, 7) is 2.01. The number of nitrogens with one attached hydrogen (secondary N) is 1. The van der Waals surface area contributed by atoms with Crippen molar-refractivity contribution < 1.29 is 4.79 Å². The van der Waals surface area contributed by atoms with Crippen LogP contribution in [0.15, 0.2) is 42.5 Å². The number of amides is 1.